The van der Waals surface area contributed by atoms with E-state index in [0.717, 1.165) is 24.3 Å². The molecule has 2 amide bonds. The zero-order valence-corrected chi connectivity index (χ0v) is 17.2. The minimum absolute atomic E-state index is 0.0807. The third-order valence-electron chi connectivity index (χ3n) is 4.10. The van der Waals surface area contributed by atoms with E-state index in [9.17, 15) is 22.4 Å². The van der Waals surface area contributed by atoms with Crippen LogP contribution in [0.5, 0.6) is 0 Å². The van der Waals surface area contributed by atoms with Crippen LogP contribution < -0.4 is 15.4 Å². The lowest BCUT2D eigenvalue weighted by Crippen LogP contribution is -2.46. The Morgan fingerprint density at radius 2 is 1.59 bits per heavy atom. The number of likely N-dealkylation sites (N-methyl/N-ethyl adjacent to an activating group) is 1. The van der Waals surface area contributed by atoms with Crippen molar-refractivity contribution in [2.24, 2.45) is 5.92 Å². The third-order valence-corrected chi connectivity index (χ3v) is 5.50. The lowest BCUT2D eigenvalue weighted by molar-refractivity contribution is -0.122. The zero-order valence-electron chi connectivity index (χ0n) is 16.4. The second kappa shape index (κ2) is 9.51. The molecule has 0 saturated carbocycles. The van der Waals surface area contributed by atoms with Gasteiger partial charge in [-0.15, -0.1) is 0 Å². The van der Waals surface area contributed by atoms with Crippen molar-refractivity contribution in [2.75, 3.05) is 11.8 Å². The molecule has 0 heterocycles. The Balaban J connectivity index is 2.09. The van der Waals surface area contributed by atoms with Crippen LogP contribution in [0.4, 0.5) is 10.1 Å². The summed E-state index contributed by atoms with van der Waals surface area (Å²) in [6.45, 7) is 3.90. The van der Waals surface area contributed by atoms with Crippen molar-refractivity contribution < 1.29 is 22.4 Å². The minimum atomic E-state index is -3.88. The van der Waals surface area contributed by atoms with Crippen LogP contribution in [0.2, 0.25) is 0 Å². The highest BCUT2D eigenvalue weighted by atomic mass is 32.2. The molecule has 1 atom stereocenters. The lowest BCUT2D eigenvalue weighted by atomic mass is 10.0. The number of nitrogens with one attached hydrogen (secondary N) is 3. The van der Waals surface area contributed by atoms with Gasteiger partial charge in [0.25, 0.3) is 15.9 Å². The molecule has 1 unspecified atom stereocenters. The monoisotopic (exact) mass is 421 g/mol. The molecule has 0 aliphatic carbocycles. The molecule has 3 N–H and O–H groups in total. The highest BCUT2D eigenvalue weighted by Gasteiger charge is 2.21. The Morgan fingerprint density at radius 3 is 2.10 bits per heavy atom. The third kappa shape index (κ3) is 6.28. The molecular weight excluding hydrogens is 397 g/mol. The van der Waals surface area contributed by atoms with Crippen LogP contribution in [0.3, 0.4) is 0 Å². The highest BCUT2D eigenvalue weighted by molar-refractivity contribution is 7.92. The van der Waals surface area contributed by atoms with E-state index >= 15 is 0 Å². The number of benzene rings is 2. The van der Waals surface area contributed by atoms with Crippen molar-refractivity contribution >= 4 is 27.5 Å². The minimum Gasteiger partial charge on any atom is -0.357 e. The summed E-state index contributed by atoms with van der Waals surface area (Å²) < 4.78 is 40.0. The van der Waals surface area contributed by atoms with Gasteiger partial charge in [-0.05, 0) is 60.9 Å². The van der Waals surface area contributed by atoms with E-state index in [1.54, 1.807) is 0 Å². The summed E-state index contributed by atoms with van der Waals surface area (Å²) in [7, 11) is -2.38. The average Bonchev–Trinajstić information content (AvgIpc) is 2.67. The van der Waals surface area contributed by atoms with E-state index in [4.69, 9.17) is 0 Å². The first kappa shape index (κ1) is 22.4. The van der Waals surface area contributed by atoms with Crippen LogP contribution in [0.15, 0.2) is 53.4 Å². The molecular formula is C20H24FN3O4S. The van der Waals surface area contributed by atoms with E-state index in [1.165, 1.54) is 31.3 Å². The van der Waals surface area contributed by atoms with Crippen molar-refractivity contribution in [3.63, 3.8) is 0 Å². The molecule has 0 spiro atoms. The van der Waals surface area contributed by atoms with E-state index < -0.39 is 27.8 Å². The number of anilines is 1. The average molecular weight is 421 g/mol. The number of hydrogen-bond acceptors (Lipinski definition) is 4. The summed E-state index contributed by atoms with van der Waals surface area (Å²) in [6.07, 6.45) is 0.487. The van der Waals surface area contributed by atoms with Gasteiger partial charge in [0.05, 0.1) is 4.90 Å². The first-order chi connectivity index (χ1) is 13.6. The molecule has 0 fully saturated rings. The predicted octanol–water partition coefficient (Wildman–Crippen LogP) is 2.52. The molecule has 9 heteroatoms. The summed E-state index contributed by atoms with van der Waals surface area (Å²) >= 11 is 0. The SMILES string of the molecule is CNC(=O)C(CC(C)C)NC(=O)c1ccc(NS(=O)(=O)c2ccc(F)cc2)cc1. The maximum atomic E-state index is 13.0. The number of carbonyl (C=O) groups is 2. The normalized spacial score (nSPS) is 12.3. The number of carbonyl (C=O) groups excluding carboxylic acids is 2. The van der Waals surface area contributed by atoms with Crippen molar-refractivity contribution in [2.45, 2.75) is 31.2 Å². The Kier molecular flexibility index (Phi) is 7.33. The zero-order chi connectivity index (χ0) is 21.6. The van der Waals surface area contributed by atoms with Gasteiger partial charge in [0.15, 0.2) is 0 Å². The van der Waals surface area contributed by atoms with Gasteiger partial charge in [0, 0.05) is 18.3 Å². The molecule has 0 aliphatic rings. The number of rotatable bonds is 8. The van der Waals surface area contributed by atoms with Crippen LogP contribution in [0.25, 0.3) is 0 Å². The molecule has 0 saturated heterocycles. The number of sulfonamides is 1. The van der Waals surface area contributed by atoms with Crippen LogP contribution >= 0.6 is 0 Å². The largest absolute Gasteiger partial charge is 0.357 e. The fourth-order valence-electron chi connectivity index (χ4n) is 2.64. The summed E-state index contributed by atoms with van der Waals surface area (Å²) in [5.41, 5.74) is 0.531. The van der Waals surface area contributed by atoms with Gasteiger partial charge in [-0.1, -0.05) is 13.8 Å². The van der Waals surface area contributed by atoms with Gasteiger partial charge in [-0.2, -0.15) is 0 Å². The van der Waals surface area contributed by atoms with Crippen LogP contribution in [0.1, 0.15) is 30.6 Å². The molecule has 0 bridgehead atoms. The van der Waals surface area contributed by atoms with Crippen molar-refractivity contribution in [3.8, 4) is 0 Å². The maximum Gasteiger partial charge on any atom is 0.261 e. The number of amides is 2. The van der Waals surface area contributed by atoms with Crippen molar-refractivity contribution in [1.82, 2.24) is 10.6 Å². The Bertz CT molecular complexity index is 958. The molecule has 2 aromatic rings. The standard InChI is InChI=1S/C20H24FN3O4S/c1-13(2)12-18(20(26)22-3)23-19(25)14-4-8-16(9-5-14)24-29(27,28)17-10-6-15(21)7-11-17/h4-11,13,18,24H,12H2,1-3H3,(H,22,26)(H,23,25). The van der Waals surface area contributed by atoms with Crippen molar-refractivity contribution in [1.29, 1.82) is 0 Å². The summed E-state index contributed by atoms with van der Waals surface area (Å²) in [5, 5.41) is 5.22. The fourth-order valence-corrected chi connectivity index (χ4v) is 3.69. The van der Waals surface area contributed by atoms with Crippen LogP contribution in [-0.2, 0) is 14.8 Å². The van der Waals surface area contributed by atoms with Crippen LogP contribution in [-0.4, -0.2) is 33.3 Å². The van der Waals surface area contributed by atoms with Gasteiger partial charge in [-0.3, -0.25) is 14.3 Å². The molecule has 156 valence electrons. The molecule has 29 heavy (non-hydrogen) atoms. The van der Waals surface area contributed by atoms with E-state index in [2.05, 4.69) is 15.4 Å². The first-order valence-electron chi connectivity index (χ1n) is 9.03. The number of halogens is 1. The van der Waals surface area contributed by atoms with Crippen molar-refractivity contribution in [3.05, 3.63) is 59.9 Å². The Morgan fingerprint density at radius 1 is 1.00 bits per heavy atom. The molecule has 2 rings (SSSR count). The second-order valence-corrected chi connectivity index (χ2v) is 8.59. The van der Waals surface area contributed by atoms with Gasteiger partial charge in [0.1, 0.15) is 11.9 Å². The smallest absolute Gasteiger partial charge is 0.261 e. The molecule has 0 radical (unpaired) electrons. The van der Waals surface area contributed by atoms with Gasteiger partial charge in [-0.25, -0.2) is 12.8 Å². The lowest BCUT2D eigenvalue weighted by Gasteiger charge is -2.19. The molecule has 7 nitrogen and oxygen atoms in total. The van der Waals surface area contributed by atoms with E-state index in [0.29, 0.717) is 6.42 Å². The number of hydrogen-bond donors (Lipinski definition) is 3. The summed E-state index contributed by atoms with van der Waals surface area (Å²) in [5.74, 6) is -1.05. The van der Waals surface area contributed by atoms with Gasteiger partial charge in [0.2, 0.25) is 5.91 Å². The van der Waals surface area contributed by atoms with Crippen LogP contribution in [0, 0.1) is 11.7 Å². The molecule has 0 aliphatic heterocycles. The topological polar surface area (TPSA) is 104 Å². The van der Waals surface area contributed by atoms with E-state index in [-0.39, 0.29) is 28.0 Å². The first-order valence-corrected chi connectivity index (χ1v) is 10.5. The van der Waals surface area contributed by atoms with Gasteiger partial charge >= 0.3 is 0 Å². The highest BCUT2D eigenvalue weighted by Crippen LogP contribution is 2.17. The molecule has 0 aromatic heterocycles. The quantitative estimate of drug-likeness (QED) is 0.609. The maximum absolute atomic E-state index is 13.0. The molecule has 2 aromatic carbocycles. The van der Waals surface area contributed by atoms with Gasteiger partial charge < -0.3 is 10.6 Å². The Labute approximate surface area is 169 Å². The predicted molar refractivity (Wildman–Crippen MR) is 108 cm³/mol. The van der Waals surface area contributed by atoms with E-state index in [1.807, 2.05) is 13.8 Å². The Hall–Kier alpha value is -2.94. The fraction of sp³-hybridized carbons (Fsp3) is 0.300. The second-order valence-electron chi connectivity index (χ2n) is 6.91. The summed E-state index contributed by atoms with van der Waals surface area (Å²) in [4.78, 5) is 24.3. The summed E-state index contributed by atoms with van der Waals surface area (Å²) in [6, 6.07) is 9.55.